The maximum Gasteiger partial charge on any atom is 0.0379 e. The van der Waals surface area contributed by atoms with E-state index in [0.29, 0.717) is 0 Å². The van der Waals surface area contributed by atoms with Gasteiger partial charge < -0.3 is 0 Å². The summed E-state index contributed by atoms with van der Waals surface area (Å²) in [5.41, 5.74) is 0. The molecule has 0 aromatic carbocycles. The minimum Gasteiger partial charge on any atom is -0.0715 e. The maximum atomic E-state index is 2.41. The Balaban J connectivity index is -0.0000000700. The SMILES string of the molecule is C[CH](C)[Sn]([CH](C)C)[CH](C)C.C[Si](C)C.C[Si](C)C.C[Si](C)C.[Ge]. The van der Waals surface area contributed by atoms with Crippen molar-refractivity contribution in [1.29, 1.82) is 0 Å². The summed E-state index contributed by atoms with van der Waals surface area (Å²) in [4.78, 5) is 0. The Morgan fingerprint density at radius 3 is 0.522 bits per heavy atom. The Labute approximate surface area is 174 Å². The molecule has 0 nitrogen and oxygen atoms in total. The van der Waals surface area contributed by atoms with Gasteiger partial charge in [-0.05, 0) is 0 Å². The van der Waals surface area contributed by atoms with Gasteiger partial charge in [-0.2, -0.15) is 0 Å². The predicted octanol–water partition coefficient (Wildman–Crippen LogP) is 7.44. The van der Waals surface area contributed by atoms with E-state index in [4.69, 9.17) is 0 Å². The van der Waals surface area contributed by atoms with Crippen LogP contribution >= 0.6 is 0 Å². The fraction of sp³-hybridized carbons (Fsp3) is 1.00. The van der Waals surface area contributed by atoms with Gasteiger partial charge in [-0.25, -0.2) is 0 Å². The molecule has 0 unspecified atom stereocenters. The quantitative estimate of drug-likeness (QED) is 0.327. The number of rotatable bonds is 3. The molecule has 0 N–H and O–H groups in total. The van der Waals surface area contributed by atoms with Crippen molar-refractivity contribution in [2.75, 3.05) is 0 Å². The normalized spacial score (nSPS) is 10.2. The van der Waals surface area contributed by atoms with E-state index in [-0.39, 0.29) is 44.0 Å². The van der Waals surface area contributed by atoms with Gasteiger partial charge in [0.2, 0.25) is 0 Å². The van der Waals surface area contributed by atoms with E-state index in [2.05, 4.69) is 100 Å². The molecule has 0 aliphatic heterocycles. The molecule has 0 aliphatic rings. The van der Waals surface area contributed by atoms with Gasteiger partial charge in [0.15, 0.2) is 0 Å². The van der Waals surface area contributed by atoms with Crippen LogP contribution in [0.3, 0.4) is 0 Å². The maximum absolute atomic E-state index is 2.41. The molecule has 140 valence electrons. The van der Waals surface area contributed by atoms with Crippen molar-refractivity contribution >= 4 is 63.7 Å². The van der Waals surface area contributed by atoms with Crippen LogP contribution in [0.25, 0.3) is 0 Å². The second kappa shape index (κ2) is 24.0. The molecule has 0 fully saturated rings. The van der Waals surface area contributed by atoms with Gasteiger partial charge in [0, 0.05) is 44.0 Å². The molecule has 8 radical (unpaired) electrons. The molecule has 0 heterocycles. The van der Waals surface area contributed by atoms with Gasteiger partial charge in [0.25, 0.3) is 0 Å². The molecular weight excluding hydrogens is 492 g/mol. The summed E-state index contributed by atoms with van der Waals surface area (Å²) in [5.74, 6) is 0. The van der Waals surface area contributed by atoms with Crippen molar-refractivity contribution in [1.82, 2.24) is 0 Å². The molecular formula is C18H48GeSi3Sn. The summed E-state index contributed by atoms with van der Waals surface area (Å²) in [7, 11) is 0.361. The topological polar surface area (TPSA) is 0 Å². The first kappa shape index (κ1) is 36.0. The standard InChI is InChI=1S/3C3H9Si.3C3H7.Ge.Sn/c3*1-4(2)3;3*1-3-2;;/h3*1-3H3;3*3H,1-2H3;;. The molecule has 0 atom stereocenters. The van der Waals surface area contributed by atoms with E-state index in [1.165, 1.54) is 0 Å². The van der Waals surface area contributed by atoms with Crippen molar-refractivity contribution in [3.05, 3.63) is 0 Å². The third kappa shape index (κ3) is 59.3. The fourth-order valence-corrected chi connectivity index (χ4v) is 13.4. The van der Waals surface area contributed by atoms with Crippen LogP contribution in [0.2, 0.25) is 70.7 Å². The van der Waals surface area contributed by atoms with Gasteiger partial charge in [-0.3, -0.25) is 0 Å². The minimum atomic E-state index is -1.01. The average Bonchev–Trinajstić information content (AvgIpc) is 2.10. The van der Waals surface area contributed by atoms with Crippen molar-refractivity contribution in [2.45, 2.75) is 112 Å². The van der Waals surface area contributed by atoms with E-state index in [0.717, 1.165) is 11.8 Å². The third-order valence-corrected chi connectivity index (χ3v) is 13.4. The van der Waals surface area contributed by atoms with Crippen LogP contribution in [0.4, 0.5) is 0 Å². The first-order valence-electron chi connectivity index (χ1n) is 8.83. The smallest absolute Gasteiger partial charge is 0.0379 e. The number of hydrogen-bond acceptors (Lipinski definition) is 0. The molecule has 0 amide bonds. The van der Waals surface area contributed by atoms with Gasteiger partial charge in [-0.1, -0.05) is 58.9 Å². The Kier molecular flexibility index (Phi) is 37.5. The zero-order valence-corrected chi connectivity index (χ0v) is 27.2. The van der Waals surface area contributed by atoms with E-state index >= 15 is 0 Å². The van der Waals surface area contributed by atoms with Gasteiger partial charge in [0.1, 0.15) is 0 Å². The molecule has 23 heavy (non-hydrogen) atoms. The fourth-order valence-electron chi connectivity index (χ4n) is 2.00. The zero-order chi connectivity index (χ0) is 19.0. The molecule has 0 saturated carbocycles. The van der Waals surface area contributed by atoms with Crippen molar-refractivity contribution < 1.29 is 0 Å². The average molecular weight is 540 g/mol. The van der Waals surface area contributed by atoms with Gasteiger partial charge in [-0.15, -0.1) is 0 Å². The van der Waals surface area contributed by atoms with E-state index in [9.17, 15) is 0 Å². The summed E-state index contributed by atoms with van der Waals surface area (Å²) >= 11 is -1.01. The van der Waals surface area contributed by atoms with Crippen molar-refractivity contribution in [3.63, 3.8) is 0 Å². The Morgan fingerprint density at radius 1 is 0.435 bits per heavy atom. The first-order valence-corrected chi connectivity index (χ1v) is 22.8. The molecule has 0 aliphatic carbocycles. The van der Waals surface area contributed by atoms with Crippen LogP contribution in [-0.2, 0) is 0 Å². The predicted molar refractivity (Wildman–Crippen MR) is 127 cm³/mol. The van der Waals surface area contributed by atoms with Crippen molar-refractivity contribution in [3.8, 4) is 0 Å². The summed E-state index contributed by atoms with van der Waals surface area (Å²) < 4.78 is 3.09. The monoisotopic (exact) mass is 542 g/mol. The molecule has 0 aromatic rings. The molecule has 0 aromatic heterocycles. The van der Waals surface area contributed by atoms with E-state index in [1.807, 2.05) is 0 Å². The summed E-state index contributed by atoms with van der Waals surface area (Å²) in [6, 6.07) is 0. The summed E-state index contributed by atoms with van der Waals surface area (Å²) in [6.07, 6.45) is 0. The second-order valence-corrected chi connectivity index (χ2v) is 30.2. The molecule has 0 bridgehead atoms. The largest absolute Gasteiger partial charge is 0.0715 e. The molecule has 0 saturated heterocycles. The van der Waals surface area contributed by atoms with Crippen LogP contribution in [0, 0.1) is 0 Å². The summed E-state index contributed by atoms with van der Waals surface area (Å²) in [5, 5.41) is 0. The molecule has 0 spiro atoms. The summed E-state index contributed by atoms with van der Waals surface area (Å²) in [6.45, 7) is 34.9. The Morgan fingerprint density at radius 2 is 0.522 bits per heavy atom. The van der Waals surface area contributed by atoms with Crippen molar-refractivity contribution in [2.24, 2.45) is 0 Å². The Bertz CT molecular complexity index is 155. The number of hydrogen-bond donors (Lipinski definition) is 0. The van der Waals surface area contributed by atoms with Crippen LogP contribution in [0.5, 0.6) is 0 Å². The Hall–Kier alpha value is 1.99. The van der Waals surface area contributed by atoms with E-state index < -0.39 is 19.8 Å². The third-order valence-electron chi connectivity index (χ3n) is 2.00. The molecule has 0 rings (SSSR count). The zero-order valence-electron chi connectivity index (χ0n) is 19.2. The van der Waals surface area contributed by atoms with Gasteiger partial charge >= 0.3 is 73.1 Å². The molecule has 5 heteroatoms. The van der Waals surface area contributed by atoms with Crippen LogP contribution in [-0.4, -0.2) is 63.7 Å². The minimum absolute atomic E-state index is 0. The van der Waals surface area contributed by atoms with Gasteiger partial charge in [0.05, 0.1) is 0 Å². The van der Waals surface area contributed by atoms with E-state index in [1.54, 1.807) is 0 Å². The first-order chi connectivity index (χ1) is 9.66. The second-order valence-electron chi connectivity index (χ2n) is 8.46. The van der Waals surface area contributed by atoms with Crippen LogP contribution < -0.4 is 0 Å². The van der Waals surface area contributed by atoms with Crippen LogP contribution in [0.15, 0.2) is 0 Å². The van der Waals surface area contributed by atoms with Crippen LogP contribution in [0.1, 0.15) is 41.5 Å².